The highest BCUT2D eigenvalue weighted by Crippen LogP contribution is 2.21. The Bertz CT molecular complexity index is 329. The second-order valence-corrected chi connectivity index (χ2v) is 3.85. The van der Waals surface area contributed by atoms with Gasteiger partial charge in [0, 0.05) is 11.1 Å². The summed E-state index contributed by atoms with van der Waals surface area (Å²) >= 11 is 0. The molecule has 0 spiro atoms. The van der Waals surface area contributed by atoms with Crippen LogP contribution in [0.3, 0.4) is 0 Å². The van der Waals surface area contributed by atoms with Crippen LogP contribution in [0.1, 0.15) is 26.5 Å². The minimum Gasteiger partial charge on any atom is -0.258 e. The Labute approximate surface area is 77.5 Å². The Balaban J connectivity index is 3.00. The average molecular weight is 176 g/mol. The monoisotopic (exact) mass is 176 g/mol. The van der Waals surface area contributed by atoms with Crippen LogP contribution in [0.25, 0.3) is 0 Å². The molecule has 0 fully saturated rings. The lowest BCUT2D eigenvalue weighted by Gasteiger charge is -2.16. The van der Waals surface area contributed by atoms with Crippen molar-refractivity contribution in [3.63, 3.8) is 0 Å². The summed E-state index contributed by atoms with van der Waals surface area (Å²) in [4.78, 5) is 17.6. The molecule has 0 unspecified atom stereocenters. The predicted octanol–water partition coefficient (Wildman–Crippen LogP) is 2.35. The molecule has 1 rings (SSSR count). The lowest BCUT2D eigenvalue weighted by Crippen LogP contribution is -2.12. The maximum atomic E-state index is 9.94. The largest absolute Gasteiger partial charge is 0.258 e. The maximum absolute atomic E-state index is 9.94. The fraction of sp³-hybridized carbons (Fsp3) is 0.400. The van der Waals surface area contributed by atoms with E-state index in [0.29, 0.717) is 5.69 Å². The van der Waals surface area contributed by atoms with Crippen LogP contribution in [-0.4, -0.2) is 11.1 Å². The second-order valence-electron chi connectivity index (χ2n) is 3.85. The van der Waals surface area contributed by atoms with Gasteiger partial charge in [-0.15, -0.1) is 0 Å². The van der Waals surface area contributed by atoms with Crippen molar-refractivity contribution in [3.05, 3.63) is 24.0 Å². The van der Waals surface area contributed by atoms with Gasteiger partial charge in [0.1, 0.15) is 0 Å². The van der Waals surface area contributed by atoms with Gasteiger partial charge in [0.15, 0.2) is 0 Å². The second kappa shape index (κ2) is 3.50. The summed E-state index contributed by atoms with van der Waals surface area (Å²) in [6, 6.07) is 3.63. The molecular weight excluding hydrogens is 164 g/mol. The lowest BCUT2D eigenvalue weighted by molar-refractivity contribution is 0.565. The van der Waals surface area contributed by atoms with E-state index in [-0.39, 0.29) is 5.41 Å². The van der Waals surface area contributed by atoms with Crippen molar-refractivity contribution < 1.29 is 4.79 Å². The number of rotatable bonds is 1. The number of nitrogens with zero attached hydrogens (tertiary/aromatic N) is 2. The van der Waals surface area contributed by atoms with E-state index in [1.807, 2.05) is 6.07 Å². The summed E-state index contributed by atoms with van der Waals surface area (Å²) in [5.41, 5.74) is 1.56. The summed E-state index contributed by atoms with van der Waals surface area (Å²) in [5, 5.41) is 0. The predicted molar refractivity (Wildman–Crippen MR) is 50.7 cm³/mol. The Morgan fingerprint density at radius 2 is 2.08 bits per heavy atom. The number of pyridine rings is 1. The van der Waals surface area contributed by atoms with Crippen molar-refractivity contribution in [2.45, 2.75) is 26.2 Å². The first-order valence-corrected chi connectivity index (χ1v) is 4.08. The minimum atomic E-state index is 0.0312. The fourth-order valence-corrected chi connectivity index (χ4v) is 0.949. The number of isocyanates is 1. The van der Waals surface area contributed by atoms with Gasteiger partial charge in [0.25, 0.3) is 0 Å². The highest BCUT2D eigenvalue weighted by molar-refractivity contribution is 5.47. The number of aromatic nitrogens is 1. The van der Waals surface area contributed by atoms with Crippen LogP contribution in [0.4, 0.5) is 5.69 Å². The quantitative estimate of drug-likeness (QED) is 0.487. The smallest absolute Gasteiger partial charge is 0.240 e. The van der Waals surface area contributed by atoms with Gasteiger partial charge in [-0.3, -0.25) is 4.98 Å². The van der Waals surface area contributed by atoms with Crippen molar-refractivity contribution >= 4 is 11.8 Å². The molecule has 3 heteroatoms. The Hall–Kier alpha value is -1.47. The van der Waals surface area contributed by atoms with E-state index in [2.05, 4.69) is 30.7 Å². The van der Waals surface area contributed by atoms with Gasteiger partial charge in [-0.2, -0.15) is 4.99 Å². The van der Waals surface area contributed by atoms with Crippen molar-refractivity contribution in [2.24, 2.45) is 4.99 Å². The molecule has 13 heavy (non-hydrogen) atoms. The van der Waals surface area contributed by atoms with Gasteiger partial charge in [0.2, 0.25) is 6.08 Å². The molecule has 1 aromatic rings. The molecule has 0 aliphatic carbocycles. The molecule has 0 aromatic carbocycles. The van der Waals surface area contributed by atoms with E-state index < -0.39 is 0 Å². The van der Waals surface area contributed by atoms with Crippen LogP contribution in [0, 0.1) is 0 Å². The molecule has 0 saturated carbocycles. The summed E-state index contributed by atoms with van der Waals surface area (Å²) in [5.74, 6) is 0. The molecule has 1 aromatic heterocycles. The molecule has 0 radical (unpaired) electrons. The van der Waals surface area contributed by atoms with Crippen molar-refractivity contribution in [1.29, 1.82) is 0 Å². The Morgan fingerprint density at radius 3 is 2.46 bits per heavy atom. The summed E-state index contributed by atoms with van der Waals surface area (Å²) in [7, 11) is 0. The molecular formula is C10H12N2O. The molecule has 0 N–H and O–H groups in total. The lowest BCUT2D eigenvalue weighted by atomic mass is 9.92. The van der Waals surface area contributed by atoms with E-state index in [1.54, 1.807) is 12.3 Å². The van der Waals surface area contributed by atoms with E-state index in [9.17, 15) is 4.79 Å². The summed E-state index contributed by atoms with van der Waals surface area (Å²) < 4.78 is 0. The van der Waals surface area contributed by atoms with Crippen LogP contribution in [0.15, 0.2) is 23.3 Å². The van der Waals surface area contributed by atoms with Gasteiger partial charge in [-0.1, -0.05) is 20.8 Å². The Kier molecular flexibility index (Phi) is 2.59. The zero-order valence-electron chi connectivity index (χ0n) is 8.03. The standard InChI is InChI=1S/C10H12N2O/c1-10(2,3)9-5-4-8(6-11-9)12-7-13/h4-6H,1-3H3. The van der Waals surface area contributed by atoms with Crippen LogP contribution >= 0.6 is 0 Å². The molecule has 0 aliphatic heterocycles. The first-order chi connectivity index (χ1) is 6.04. The molecule has 0 atom stereocenters. The van der Waals surface area contributed by atoms with Crippen molar-refractivity contribution in [3.8, 4) is 0 Å². The van der Waals surface area contributed by atoms with Crippen LogP contribution in [-0.2, 0) is 10.2 Å². The van der Waals surface area contributed by atoms with Gasteiger partial charge in [-0.05, 0) is 12.1 Å². The SMILES string of the molecule is CC(C)(C)c1ccc(N=C=O)cn1. The number of aliphatic imine (C=N–C) groups is 1. The van der Waals surface area contributed by atoms with E-state index in [4.69, 9.17) is 0 Å². The third kappa shape index (κ3) is 2.49. The summed E-state index contributed by atoms with van der Waals surface area (Å²) in [6.45, 7) is 6.24. The molecule has 0 aliphatic rings. The van der Waals surface area contributed by atoms with Crippen LogP contribution in [0.2, 0.25) is 0 Å². The van der Waals surface area contributed by atoms with Gasteiger partial charge in [0.05, 0.1) is 11.9 Å². The number of carbonyl (C=O) groups excluding carboxylic acids is 1. The van der Waals surface area contributed by atoms with Gasteiger partial charge in [-0.25, -0.2) is 4.79 Å². The van der Waals surface area contributed by atoms with E-state index in [0.717, 1.165) is 5.69 Å². The highest BCUT2D eigenvalue weighted by atomic mass is 16.1. The number of hydrogen-bond donors (Lipinski definition) is 0. The highest BCUT2D eigenvalue weighted by Gasteiger charge is 2.14. The van der Waals surface area contributed by atoms with Gasteiger partial charge >= 0.3 is 0 Å². The normalized spacial score (nSPS) is 10.7. The zero-order valence-corrected chi connectivity index (χ0v) is 8.03. The molecule has 68 valence electrons. The first-order valence-electron chi connectivity index (χ1n) is 4.08. The summed E-state index contributed by atoms with van der Waals surface area (Å²) in [6.07, 6.45) is 3.05. The molecule has 1 heterocycles. The van der Waals surface area contributed by atoms with E-state index >= 15 is 0 Å². The Morgan fingerprint density at radius 1 is 1.38 bits per heavy atom. The van der Waals surface area contributed by atoms with Crippen LogP contribution in [0.5, 0.6) is 0 Å². The van der Waals surface area contributed by atoms with Crippen LogP contribution < -0.4 is 0 Å². The molecule has 0 saturated heterocycles. The maximum Gasteiger partial charge on any atom is 0.240 e. The minimum absolute atomic E-state index is 0.0312. The van der Waals surface area contributed by atoms with Gasteiger partial charge < -0.3 is 0 Å². The van der Waals surface area contributed by atoms with Crippen molar-refractivity contribution in [2.75, 3.05) is 0 Å². The van der Waals surface area contributed by atoms with E-state index in [1.165, 1.54) is 6.08 Å². The number of hydrogen-bond acceptors (Lipinski definition) is 3. The molecule has 0 amide bonds. The molecule has 3 nitrogen and oxygen atoms in total. The third-order valence-electron chi connectivity index (χ3n) is 1.69. The molecule has 0 bridgehead atoms. The van der Waals surface area contributed by atoms with Crippen molar-refractivity contribution in [1.82, 2.24) is 4.98 Å². The average Bonchev–Trinajstić information content (AvgIpc) is 2.04. The topological polar surface area (TPSA) is 42.3 Å². The first kappa shape index (κ1) is 9.62. The zero-order chi connectivity index (χ0) is 9.90. The fourth-order valence-electron chi connectivity index (χ4n) is 0.949. The third-order valence-corrected chi connectivity index (χ3v) is 1.69.